The van der Waals surface area contributed by atoms with Gasteiger partial charge in [-0.2, -0.15) is 0 Å². The number of rotatable bonds is 5. The second kappa shape index (κ2) is 7.64. The Morgan fingerprint density at radius 3 is 2.95 bits per heavy atom. The van der Waals surface area contributed by atoms with Gasteiger partial charge in [-0.1, -0.05) is 34.8 Å². The predicted molar refractivity (Wildman–Crippen MR) is 80.6 cm³/mol. The van der Waals surface area contributed by atoms with Crippen molar-refractivity contribution >= 4 is 21.8 Å². The van der Waals surface area contributed by atoms with E-state index in [0.717, 1.165) is 30.2 Å². The quantitative estimate of drug-likeness (QED) is 0.864. The molecule has 110 valence electrons. The summed E-state index contributed by atoms with van der Waals surface area (Å²) in [5.41, 5.74) is 0. The highest BCUT2D eigenvalue weighted by Gasteiger charge is 2.25. The lowest BCUT2D eigenvalue weighted by Gasteiger charge is -2.30. The van der Waals surface area contributed by atoms with E-state index < -0.39 is 0 Å². The normalized spacial score (nSPS) is 22.3. The van der Waals surface area contributed by atoms with Gasteiger partial charge in [0.05, 0.1) is 0 Å². The lowest BCUT2D eigenvalue weighted by Crippen LogP contribution is -2.45. The molecule has 2 unspecified atom stereocenters. The summed E-state index contributed by atoms with van der Waals surface area (Å²) in [7, 11) is 0. The van der Waals surface area contributed by atoms with Crippen LogP contribution in [-0.4, -0.2) is 30.3 Å². The highest BCUT2D eigenvalue weighted by Crippen LogP contribution is 2.24. The Labute approximate surface area is 127 Å². The van der Waals surface area contributed by atoms with E-state index in [1.54, 1.807) is 0 Å². The van der Waals surface area contributed by atoms with Crippen molar-refractivity contribution in [2.24, 2.45) is 5.92 Å². The van der Waals surface area contributed by atoms with Crippen LogP contribution < -0.4 is 10.1 Å². The summed E-state index contributed by atoms with van der Waals surface area (Å²) in [6, 6.07) is 7.48. The topological polar surface area (TPSA) is 58.6 Å². The van der Waals surface area contributed by atoms with E-state index in [2.05, 4.69) is 21.2 Å². The van der Waals surface area contributed by atoms with E-state index in [9.17, 15) is 9.90 Å². The fourth-order valence-electron chi connectivity index (χ4n) is 2.57. The molecule has 0 aliphatic heterocycles. The zero-order valence-electron chi connectivity index (χ0n) is 11.3. The number of aliphatic hydroxyl groups is 1. The lowest BCUT2D eigenvalue weighted by atomic mass is 9.85. The zero-order valence-corrected chi connectivity index (χ0v) is 12.9. The van der Waals surface area contributed by atoms with Gasteiger partial charge in [0.25, 0.3) is 5.91 Å². The number of halogens is 1. The molecule has 0 aromatic heterocycles. The summed E-state index contributed by atoms with van der Waals surface area (Å²) in [4.78, 5) is 11.9. The van der Waals surface area contributed by atoms with Gasteiger partial charge >= 0.3 is 0 Å². The molecule has 4 nitrogen and oxygen atoms in total. The van der Waals surface area contributed by atoms with Crippen molar-refractivity contribution in [1.82, 2.24) is 5.32 Å². The largest absolute Gasteiger partial charge is 0.484 e. The Morgan fingerprint density at radius 1 is 1.40 bits per heavy atom. The van der Waals surface area contributed by atoms with Gasteiger partial charge in [0.15, 0.2) is 6.61 Å². The molecule has 5 heteroatoms. The Morgan fingerprint density at radius 2 is 2.20 bits per heavy atom. The fourth-order valence-corrected chi connectivity index (χ4v) is 2.95. The molecule has 1 fully saturated rings. The first-order chi connectivity index (χ1) is 9.69. The van der Waals surface area contributed by atoms with Crippen molar-refractivity contribution < 1.29 is 14.6 Å². The number of aliphatic hydroxyl groups excluding tert-OH is 1. The van der Waals surface area contributed by atoms with Crippen LogP contribution in [0.4, 0.5) is 0 Å². The van der Waals surface area contributed by atoms with E-state index in [1.165, 1.54) is 0 Å². The van der Waals surface area contributed by atoms with Gasteiger partial charge in [-0.05, 0) is 31.0 Å². The first-order valence-corrected chi connectivity index (χ1v) is 7.77. The van der Waals surface area contributed by atoms with Crippen LogP contribution in [0.25, 0.3) is 0 Å². The van der Waals surface area contributed by atoms with Crippen LogP contribution in [0, 0.1) is 5.92 Å². The molecule has 0 spiro atoms. The fraction of sp³-hybridized carbons (Fsp3) is 0.533. The smallest absolute Gasteiger partial charge is 0.258 e. The molecule has 0 bridgehead atoms. The number of ether oxygens (including phenoxy) is 1. The van der Waals surface area contributed by atoms with E-state index in [-0.39, 0.29) is 31.1 Å². The van der Waals surface area contributed by atoms with Gasteiger partial charge < -0.3 is 15.2 Å². The Kier molecular flexibility index (Phi) is 5.86. The summed E-state index contributed by atoms with van der Waals surface area (Å²) in [5.74, 6) is 0.714. The van der Waals surface area contributed by atoms with Crippen molar-refractivity contribution in [2.45, 2.75) is 31.7 Å². The van der Waals surface area contributed by atoms with E-state index in [1.807, 2.05) is 24.3 Å². The van der Waals surface area contributed by atoms with Gasteiger partial charge in [0, 0.05) is 23.0 Å². The molecule has 0 radical (unpaired) electrons. The number of hydrogen-bond acceptors (Lipinski definition) is 3. The van der Waals surface area contributed by atoms with Crippen molar-refractivity contribution in [3.63, 3.8) is 0 Å². The molecule has 0 heterocycles. The third kappa shape index (κ3) is 4.49. The number of amides is 1. The number of hydrogen-bond donors (Lipinski definition) is 2. The van der Waals surface area contributed by atoms with Crippen LogP contribution in [0.2, 0.25) is 0 Å². The van der Waals surface area contributed by atoms with Gasteiger partial charge in [0.1, 0.15) is 5.75 Å². The van der Waals surface area contributed by atoms with Crippen LogP contribution in [0.3, 0.4) is 0 Å². The van der Waals surface area contributed by atoms with Gasteiger partial charge in [-0.25, -0.2) is 0 Å². The van der Waals surface area contributed by atoms with Crippen molar-refractivity contribution in [3.05, 3.63) is 28.7 Å². The maximum atomic E-state index is 11.9. The van der Waals surface area contributed by atoms with Gasteiger partial charge in [0.2, 0.25) is 0 Å². The Hall–Kier alpha value is -1.07. The minimum atomic E-state index is -0.129. The summed E-state index contributed by atoms with van der Waals surface area (Å²) in [6.45, 7) is 0.141. The highest BCUT2D eigenvalue weighted by molar-refractivity contribution is 9.10. The van der Waals surface area contributed by atoms with Crippen LogP contribution in [0.15, 0.2) is 28.7 Å². The summed E-state index contributed by atoms with van der Waals surface area (Å²) >= 11 is 3.36. The predicted octanol–water partition coefficient (Wildman–Crippen LogP) is 2.50. The zero-order chi connectivity index (χ0) is 14.4. The molecule has 1 aliphatic rings. The molecular formula is C15H20BrNO3. The van der Waals surface area contributed by atoms with E-state index >= 15 is 0 Å². The molecule has 2 rings (SSSR count). The summed E-state index contributed by atoms with van der Waals surface area (Å²) in [6.07, 6.45) is 4.15. The number of carbonyl (C=O) groups excluding carboxylic acids is 1. The average molecular weight is 342 g/mol. The molecule has 2 atom stereocenters. The summed E-state index contributed by atoms with van der Waals surface area (Å²) < 4.78 is 6.37. The molecule has 0 saturated heterocycles. The second-order valence-electron chi connectivity index (χ2n) is 5.15. The lowest BCUT2D eigenvalue weighted by molar-refractivity contribution is -0.124. The van der Waals surface area contributed by atoms with E-state index in [4.69, 9.17) is 4.74 Å². The molecule has 20 heavy (non-hydrogen) atoms. The SMILES string of the molecule is O=C(COc1cccc(Br)c1)NC1CCCCC1CO. The Bertz CT molecular complexity index is 452. The number of carbonyl (C=O) groups is 1. The molecule has 1 saturated carbocycles. The third-order valence-corrected chi connectivity index (χ3v) is 4.15. The molecule has 1 amide bonds. The van der Waals surface area contributed by atoms with Crippen molar-refractivity contribution in [1.29, 1.82) is 0 Å². The van der Waals surface area contributed by atoms with Crippen LogP contribution >= 0.6 is 15.9 Å². The van der Waals surface area contributed by atoms with E-state index in [0.29, 0.717) is 5.75 Å². The van der Waals surface area contributed by atoms with Crippen molar-refractivity contribution in [3.8, 4) is 5.75 Å². The van der Waals surface area contributed by atoms with Gasteiger partial charge in [-0.3, -0.25) is 4.79 Å². The Balaban J connectivity index is 1.80. The van der Waals surface area contributed by atoms with Crippen LogP contribution in [0.5, 0.6) is 5.75 Å². The molecule has 1 aromatic carbocycles. The summed E-state index contributed by atoms with van der Waals surface area (Å²) in [5, 5.41) is 12.3. The number of benzene rings is 1. The third-order valence-electron chi connectivity index (χ3n) is 3.66. The second-order valence-corrected chi connectivity index (χ2v) is 6.06. The minimum Gasteiger partial charge on any atom is -0.484 e. The number of nitrogens with one attached hydrogen (secondary N) is 1. The molecule has 1 aromatic rings. The highest BCUT2D eigenvalue weighted by atomic mass is 79.9. The molecule has 1 aliphatic carbocycles. The first-order valence-electron chi connectivity index (χ1n) is 6.97. The first kappa shape index (κ1) is 15.3. The van der Waals surface area contributed by atoms with Crippen LogP contribution in [-0.2, 0) is 4.79 Å². The maximum absolute atomic E-state index is 11.9. The average Bonchev–Trinajstić information content (AvgIpc) is 2.46. The molecule has 2 N–H and O–H groups in total. The van der Waals surface area contributed by atoms with Crippen LogP contribution in [0.1, 0.15) is 25.7 Å². The monoisotopic (exact) mass is 341 g/mol. The maximum Gasteiger partial charge on any atom is 0.258 e. The standard InChI is InChI=1S/C15H20BrNO3/c16-12-5-3-6-13(8-12)20-10-15(19)17-14-7-2-1-4-11(14)9-18/h3,5-6,8,11,14,18H,1-2,4,7,9-10H2,(H,17,19). The molecular weight excluding hydrogens is 322 g/mol. The van der Waals surface area contributed by atoms with Gasteiger partial charge in [-0.15, -0.1) is 0 Å². The minimum absolute atomic E-state index is 0.00506. The van der Waals surface area contributed by atoms with Crippen molar-refractivity contribution in [2.75, 3.05) is 13.2 Å².